The molecule has 1 aromatic carbocycles. The van der Waals surface area contributed by atoms with Crippen LogP contribution in [0.2, 0.25) is 0 Å². The fourth-order valence-corrected chi connectivity index (χ4v) is 4.70. The van der Waals surface area contributed by atoms with Gasteiger partial charge in [0.1, 0.15) is 12.1 Å². The summed E-state index contributed by atoms with van der Waals surface area (Å²) in [5.41, 5.74) is 1.10. The predicted molar refractivity (Wildman–Crippen MR) is 107 cm³/mol. The van der Waals surface area contributed by atoms with Crippen LogP contribution >= 0.6 is 0 Å². The minimum absolute atomic E-state index is 0.0596. The number of amides is 3. The molecule has 1 N–H and O–H groups in total. The molecule has 0 aromatic heterocycles. The van der Waals surface area contributed by atoms with Crippen molar-refractivity contribution in [3.05, 3.63) is 35.9 Å². The molecule has 28 heavy (non-hydrogen) atoms. The summed E-state index contributed by atoms with van der Waals surface area (Å²) < 4.78 is 5.90. The van der Waals surface area contributed by atoms with Crippen LogP contribution in [-0.2, 0) is 9.53 Å². The fourth-order valence-electron chi connectivity index (χ4n) is 4.70. The van der Waals surface area contributed by atoms with Crippen molar-refractivity contribution in [2.75, 3.05) is 26.2 Å². The third-order valence-electron chi connectivity index (χ3n) is 6.28. The van der Waals surface area contributed by atoms with E-state index in [9.17, 15) is 9.59 Å². The monoisotopic (exact) mass is 385 g/mol. The van der Waals surface area contributed by atoms with Gasteiger partial charge in [-0.05, 0) is 31.2 Å². The van der Waals surface area contributed by atoms with Crippen molar-refractivity contribution in [2.24, 2.45) is 0 Å². The molecule has 0 unspecified atom stereocenters. The number of likely N-dealkylation sites (tertiary alicyclic amines) is 1. The average molecular weight is 386 g/mol. The van der Waals surface area contributed by atoms with Crippen molar-refractivity contribution in [1.82, 2.24) is 15.1 Å². The van der Waals surface area contributed by atoms with Gasteiger partial charge in [-0.15, -0.1) is 0 Å². The molecule has 0 radical (unpaired) electrons. The topological polar surface area (TPSA) is 61.9 Å². The van der Waals surface area contributed by atoms with Crippen molar-refractivity contribution < 1.29 is 14.3 Å². The Morgan fingerprint density at radius 1 is 0.964 bits per heavy atom. The van der Waals surface area contributed by atoms with Gasteiger partial charge in [0.15, 0.2) is 0 Å². The molecule has 3 aliphatic rings. The second-order valence-corrected chi connectivity index (χ2v) is 8.19. The summed E-state index contributed by atoms with van der Waals surface area (Å²) in [7, 11) is 0. The SMILES string of the molecule is O=C([C@H]1CCCN1C(=O)NC1CCCCC1)N1CCO[C@@H](c2ccccc2)C1. The lowest BCUT2D eigenvalue weighted by Gasteiger charge is -2.36. The number of benzene rings is 1. The van der Waals surface area contributed by atoms with Gasteiger partial charge in [-0.3, -0.25) is 4.79 Å². The Labute approximate surface area is 167 Å². The van der Waals surface area contributed by atoms with Crippen LogP contribution in [0.1, 0.15) is 56.6 Å². The minimum atomic E-state index is -0.335. The van der Waals surface area contributed by atoms with E-state index in [0.717, 1.165) is 31.2 Å². The molecule has 1 aromatic rings. The van der Waals surface area contributed by atoms with Gasteiger partial charge in [-0.2, -0.15) is 0 Å². The fraction of sp³-hybridized carbons (Fsp3) is 0.636. The average Bonchev–Trinajstić information content (AvgIpc) is 3.25. The van der Waals surface area contributed by atoms with E-state index in [1.807, 2.05) is 35.2 Å². The standard InChI is InChI=1S/C22H31N3O3/c26-21(24-14-15-28-20(16-24)17-8-3-1-4-9-17)19-12-7-13-25(19)22(27)23-18-10-5-2-6-11-18/h1,3-4,8-9,18-20H,2,5-7,10-16H2,(H,23,27)/t19-,20-/m1/s1. The van der Waals surface area contributed by atoms with E-state index in [2.05, 4.69) is 5.32 Å². The van der Waals surface area contributed by atoms with E-state index in [1.165, 1.54) is 19.3 Å². The van der Waals surface area contributed by atoms with Crippen LogP contribution in [0.3, 0.4) is 0 Å². The molecule has 1 saturated carbocycles. The van der Waals surface area contributed by atoms with Crippen molar-refractivity contribution in [3.8, 4) is 0 Å². The molecule has 1 aliphatic carbocycles. The van der Waals surface area contributed by atoms with Crippen LogP contribution in [0.25, 0.3) is 0 Å². The lowest BCUT2D eigenvalue weighted by molar-refractivity contribution is -0.143. The molecule has 2 saturated heterocycles. The van der Waals surface area contributed by atoms with Gasteiger partial charge in [0.2, 0.25) is 5.91 Å². The lowest BCUT2D eigenvalue weighted by Crippen LogP contribution is -2.54. The Bertz CT molecular complexity index is 675. The number of rotatable bonds is 3. The number of carbonyl (C=O) groups excluding carboxylic acids is 2. The van der Waals surface area contributed by atoms with E-state index < -0.39 is 0 Å². The second kappa shape index (κ2) is 8.95. The third-order valence-corrected chi connectivity index (χ3v) is 6.28. The van der Waals surface area contributed by atoms with E-state index in [1.54, 1.807) is 4.90 Å². The molecule has 0 spiro atoms. The minimum Gasteiger partial charge on any atom is -0.370 e. The number of morpholine rings is 1. The molecule has 6 heteroatoms. The first-order chi connectivity index (χ1) is 13.7. The Morgan fingerprint density at radius 2 is 1.75 bits per heavy atom. The molecule has 4 rings (SSSR count). The molecular formula is C22H31N3O3. The summed E-state index contributed by atoms with van der Waals surface area (Å²) in [6, 6.07) is 9.92. The zero-order valence-electron chi connectivity index (χ0n) is 16.5. The predicted octanol–water partition coefficient (Wildman–Crippen LogP) is 3.09. The number of hydrogen-bond acceptors (Lipinski definition) is 3. The number of urea groups is 1. The van der Waals surface area contributed by atoms with Gasteiger partial charge in [0.05, 0.1) is 13.2 Å². The number of hydrogen-bond donors (Lipinski definition) is 1. The third kappa shape index (κ3) is 4.32. The van der Waals surface area contributed by atoms with Crippen LogP contribution < -0.4 is 5.32 Å². The molecule has 2 heterocycles. The molecule has 6 nitrogen and oxygen atoms in total. The van der Waals surface area contributed by atoms with Gasteiger partial charge in [-0.1, -0.05) is 49.6 Å². The van der Waals surface area contributed by atoms with Crippen LogP contribution in [0.5, 0.6) is 0 Å². The summed E-state index contributed by atoms with van der Waals surface area (Å²) in [5, 5.41) is 3.17. The molecule has 2 atom stereocenters. The summed E-state index contributed by atoms with van der Waals surface area (Å²) in [6.07, 6.45) is 7.29. The van der Waals surface area contributed by atoms with Gasteiger partial charge in [0, 0.05) is 19.1 Å². The molecule has 152 valence electrons. The summed E-state index contributed by atoms with van der Waals surface area (Å²) in [4.78, 5) is 29.7. The quantitative estimate of drug-likeness (QED) is 0.870. The summed E-state index contributed by atoms with van der Waals surface area (Å²) in [6.45, 7) is 2.35. The number of nitrogens with one attached hydrogen (secondary N) is 1. The van der Waals surface area contributed by atoms with Crippen molar-refractivity contribution in [3.63, 3.8) is 0 Å². The zero-order chi connectivity index (χ0) is 19.3. The molecule has 3 amide bonds. The largest absolute Gasteiger partial charge is 0.370 e. The highest BCUT2D eigenvalue weighted by Crippen LogP contribution is 2.26. The van der Waals surface area contributed by atoms with Crippen molar-refractivity contribution >= 4 is 11.9 Å². The van der Waals surface area contributed by atoms with E-state index in [0.29, 0.717) is 26.2 Å². The van der Waals surface area contributed by atoms with E-state index in [4.69, 9.17) is 4.74 Å². The van der Waals surface area contributed by atoms with Crippen molar-refractivity contribution in [2.45, 2.75) is 63.1 Å². The maximum Gasteiger partial charge on any atom is 0.318 e. The first-order valence-corrected chi connectivity index (χ1v) is 10.7. The zero-order valence-corrected chi connectivity index (χ0v) is 16.5. The molecular weight excluding hydrogens is 354 g/mol. The highest BCUT2D eigenvalue weighted by atomic mass is 16.5. The Balaban J connectivity index is 1.38. The molecule has 0 bridgehead atoms. The van der Waals surface area contributed by atoms with Crippen LogP contribution in [0.4, 0.5) is 4.79 Å². The Hall–Kier alpha value is -2.08. The first kappa shape index (κ1) is 19.2. The Morgan fingerprint density at radius 3 is 2.54 bits per heavy atom. The maximum absolute atomic E-state index is 13.2. The number of carbonyl (C=O) groups is 2. The van der Waals surface area contributed by atoms with E-state index >= 15 is 0 Å². The second-order valence-electron chi connectivity index (χ2n) is 8.19. The van der Waals surface area contributed by atoms with Crippen LogP contribution in [0.15, 0.2) is 30.3 Å². The van der Waals surface area contributed by atoms with Gasteiger partial charge >= 0.3 is 6.03 Å². The van der Waals surface area contributed by atoms with Gasteiger partial charge < -0.3 is 19.9 Å². The van der Waals surface area contributed by atoms with Crippen LogP contribution in [0, 0.1) is 0 Å². The summed E-state index contributed by atoms with van der Waals surface area (Å²) in [5.74, 6) is 0.0699. The Kier molecular flexibility index (Phi) is 6.15. The number of nitrogens with zero attached hydrogens (tertiary/aromatic N) is 2. The van der Waals surface area contributed by atoms with Crippen LogP contribution in [-0.4, -0.2) is 60.1 Å². The molecule has 2 aliphatic heterocycles. The lowest BCUT2D eigenvalue weighted by atomic mass is 9.96. The van der Waals surface area contributed by atoms with Gasteiger partial charge in [0.25, 0.3) is 0 Å². The van der Waals surface area contributed by atoms with Gasteiger partial charge in [-0.25, -0.2) is 4.79 Å². The smallest absolute Gasteiger partial charge is 0.318 e. The first-order valence-electron chi connectivity index (χ1n) is 10.7. The highest BCUT2D eigenvalue weighted by Gasteiger charge is 2.38. The maximum atomic E-state index is 13.2. The highest BCUT2D eigenvalue weighted by molar-refractivity contribution is 5.88. The molecule has 3 fully saturated rings. The van der Waals surface area contributed by atoms with E-state index in [-0.39, 0.29) is 30.1 Å². The number of ether oxygens (including phenoxy) is 1. The van der Waals surface area contributed by atoms with Crippen molar-refractivity contribution in [1.29, 1.82) is 0 Å². The summed E-state index contributed by atoms with van der Waals surface area (Å²) >= 11 is 0. The normalized spacial score (nSPS) is 26.3.